The summed E-state index contributed by atoms with van der Waals surface area (Å²) in [5, 5.41) is 3.66. The maximum Gasteiger partial charge on any atom is 0.234 e. The first kappa shape index (κ1) is 19.0. The number of fused-ring (bicyclic) bond motifs is 1. The molecule has 1 N–H and O–H groups in total. The van der Waals surface area contributed by atoms with E-state index in [4.69, 9.17) is 4.74 Å². The van der Waals surface area contributed by atoms with Gasteiger partial charge in [-0.1, -0.05) is 42.1 Å². The SMILES string of the molecule is Cn1c(SCC(=O)Nc2ccc(OCc3ccccc3)cc2)nc2cccnc21. The molecule has 29 heavy (non-hydrogen) atoms. The van der Waals surface area contributed by atoms with Gasteiger partial charge < -0.3 is 14.6 Å². The first-order valence-corrected chi connectivity index (χ1v) is 10.1. The molecule has 2 aromatic carbocycles. The Balaban J connectivity index is 1.29. The molecular formula is C22H20N4O2S. The number of rotatable bonds is 7. The van der Waals surface area contributed by atoms with Gasteiger partial charge in [-0.2, -0.15) is 0 Å². The zero-order chi connectivity index (χ0) is 20.1. The molecule has 7 heteroatoms. The van der Waals surface area contributed by atoms with Gasteiger partial charge in [-0.05, 0) is 42.0 Å². The smallest absolute Gasteiger partial charge is 0.234 e. The molecule has 6 nitrogen and oxygen atoms in total. The fourth-order valence-electron chi connectivity index (χ4n) is 2.83. The molecule has 0 aliphatic heterocycles. The van der Waals surface area contributed by atoms with Crippen LogP contribution in [0.15, 0.2) is 78.1 Å². The second-order valence-corrected chi connectivity index (χ2v) is 7.38. The van der Waals surface area contributed by atoms with Gasteiger partial charge in [-0.15, -0.1) is 0 Å². The number of carbonyl (C=O) groups is 1. The maximum absolute atomic E-state index is 12.3. The van der Waals surface area contributed by atoms with Crippen LogP contribution < -0.4 is 10.1 Å². The van der Waals surface area contributed by atoms with Gasteiger partial charge in [0.2, 0.25) is 5.91 Å². The summed E-state index contributed by atoms with van der Waals surface area (Å²) in [4.78, 5) is 21.1. The van der Waals surface area contributed by atoms with Crippen LogP contribution in [0.25, 0.3) is 11.2 Å². The van der Waals surface area contributed by atoms with E-state index < -0.39 is 0 Å². The van der Waals surface area contributed by atoms with Crippen LogP contribution in [0, 0.1) is 0 Å². The van der Waals surface area contributed by atoms with Gasteiger partial charge in [-0.25, -0.2) is 9.97 Å². The van der Waals surface area contributed by atoms with Crippen molar-refractivity contribution in [2.24, 2.45) is 7.05 Å². The van der Waals surface area contributed by atoms with Crippen LogP contribution in [0.5, 0.6) is 5.75 Å². The lowest BCUT2D eigenvalue weighted by atomic mass is 10.2. The van der Waals surface area contributed by atoms with Crippen molar-refractivity contribution < 1.29 is 9.53 Å². The molecule has 4 rings (SSSR count). The molecule has 146 valence electrons. The van der Waals surface area contributed by atoms with Gasteiger partial charge in [-0.3, -0.25) is 4.79 Å². The van der Waals surface area contributed by atoms with Gasteiger partial charge in [0.15, 0.2) is 10.8 Å². The van der Waals surface area contributed by atoms with Crippen molar-refractivity contribution in [1.82, 2.24) is 14.5 Å². The molecule has 0 spiro atoms. The third-order valence-corrected chi connectivity index (χ3v) is 5.34. The van der Waals surface area contributed by atoms with E-state index in [0.717, 1.165) is 33.3 Å². The number of nitrogens with one attached hydrogen (secondary N) is 1. The number of pyridine rings is 1. The summed E-state index contributed by atoms with van der Waals surface area (Å²) >= 11 is 1.38. The Kier molecular flexibility index (Phi) is 5.76. The summed E-state index contributed by atoms with van der Waals surface area (Å²) in [6, 6.07) is 21.1. The standard InChI is InChI=1S/C22H20N4O2S/c1-26-21-19(8-5-13-23-21)25-22(26)29-15-20(27)24-17-9-11-18(12-10-17)28-14-16-6-3-2-4-7-16/h2-13H,14-15H2,1H3,(H,24,27). The molecule has 2 heterocycles. The summed E-state index contributed by atoms with van der Waals surface area (Å²) in [6.45, 7) is 0.510. The first-order valence-electron chi connectivity index (χ1n) is 9.16. The Labute approximate surface area is 172 Å². The molecule has 2 aromatic heterocycles. The summed E-state index contributed by atoms with van der Waals surface area (Å²) in [7, 11) is 1.90. The van der Waals surface area contributed by atoms with E-state index >= 15 is 0 Å². The van der Waals surface area contributed by atoms with Crippen molar-refractivity contribution in [2.75, 3.05) is 11.1 Å². The average molecular weight is 404 g/mol. The highest BCUT2D eigenvalue weighted by Gasteiger charge is 2.11. The number of ether oxygens (including phenoxy) is 1. The lowest BCUT2D eigenvalue weighted by Crippen LogP contribution is -2.14. The van der Waals surface area contributed by atoms with Gasteiger partial charge >= 0.3 is 0 Å². The zero-order valence-corrected chi connectivity index (χ0v) is 16.7. The fourth-order valence-corrected chi connectivity index (χ4v) is 3.61. The van der Waals surface area contributed by atoms with Crippen LogP contribution in [-0.2, 0) is 18.4 Å². The van der Waals surface area contributed by atoms with Gasteiger partial charge in [0.25, 0.3) is 0 Å². The predicted octanol–water partition coefficient (Wildman–Crippen LogP) is 4.28. The summed E-state index contributed by atoms with van der Waals surface area (Å²) in [6.07, 6.45) is 1.73. The minimum absolute atomic E-state index is 0.0898. The zero-order valence-electron chi connectivity index (χ0n) is 15.9. The van der Waals surface area contributed by atoms with Crippen molar-refractivity contribution in [3.8, 4) is 5.75 Å². The average Bonchev–Trinajstić information content (AvgIpc) is 3.08. The maximum atomic E-state index is 12.3. The van der Waals surface area contributed by atoms with Gasteiger partial charge in [0, 0.05) is 18.9 Å². The molecule has 4 aromatic rings. The molecule has 0 unspecified atom stereocenters. The Morgan fingerprint density at radius 1 is 1.07 bits per heavy atom. The number of benzene rings is 2. The van der Waals surface area contributed by atoms with Crippen molar-refractivity contribution in [3.05, 3.63) is 78.5 Å². The molecule has 1 amide bonds. The fraction of sp³-hybridized carbons (Fsp3) is 0.136. The highest BCUT2D eigenvalue weighted by molar-refractivity contribution is 7.99. The number of thioether (sulfide) groups is 1. The van der Waals surface area contributed by atoms with Gasteiger partial charge in [0.1, 0.15) is 17.9 Å². The number of hydrogen-bond acceptors (Lipinski definition) is 5. The number of nitrogens with zero attached hydrogens (tertiary/aromatic N) is 3. The second-order valence-electron chi connectivity index (χ2n) is 6.44. The topological polar surface area (TPSA) is 69.0 Å². The van der Waals surface area contributed by atoms with Crippen LogP contribution in [-0.4, -0.2) is 26.2 Å². The Hall–Kier alpha value is -3.32. The van der Waals surface area contributed by atoms with E-state index in [2.05, 4.69) is 15.3 Å². The number of anilines is 1. The number of carbonyl (C=O) groups excluding carboxylic acids is 1. The number of aromatic nitrogens is 3. The number of aryl methyl sites for hydroxylation is 1. The van der Waals surface area contributed by atoms with Crippen molar-refractivity contribution in [1.29, 1.82) is 0 Å². The number of imidazole rings is 1. The largest absolute Gasteiger partial charge is 0.489 e. The molecule has 0 saturated carbocycles. The first-order chi connectivity index (χ1) is 14.2. The molecule has 0 fully saturated rings. The minimum atomic E-state index is -0.0898. The van der Waals surface area contributed by atoms with E-state index in [1.54, 1.807) is 6.20 Å². The Bertz CT molecular complexity index is 1110. The summed E-state index contributed by atoms with van der Waals surface area (Å²) in [5.41, 5.74) is 3.47. The van der Waals surface area contributed by atoms with Gasteiger partial charge in [0.05, 0.1) is 5.75 Å². The lowest BCUT2D eigenvalue weighted by molar-refractivity contribution is -0.113. The van der Waals surface area contributed by atoms with Crippen molar-refractivity contribution in [2.45, 2.75) is 11.8 Å². The monoisotopic (exact) mass is 404 g/mol. The number of amides is 1. The predicted molar refractivity (Wildman–Crippen MR) is 115 cm³/mol. The van der Waals surface area contributed by atoms with E-state index in [-0.39, 0.29) is 11.7 Å². The molecule has 0 saturated heterocycles. The molecule has 0 bridgehead atoms. The molecule has 0 aliphatic carbocycles. The van der Waals surface area contributed by atoms with E-state index in [0.29, 0.717) is 6.61 Å². The molecule has 0 radical (unpaired) electrons. The van der Waals surface area contributed by atoms with Crippen LogP contribution in [0.3, 0.4) is 0 Å². The molecule has 0 aliphatic rings. The van der Waals surface area contributed by atoms with Crippen molar-refractivity contribution >= 4 is 34.5 Å². The Morgan fingerprint density at radius 3 is 2.62 bits per heavy atom. The van der Waals surface area contributed by atoms with Crippen molar-refractivity contribution in [3.63, 3.8) is 0 Å². The third-order valence-electron chi connectivity index (χ3n) is 4.31. The number of hydrogen-bond donors (Lipinski definition) is 1. The van der Waals surface area contributed by atoms with Crippen LogP contribution in [0.1, 0.15) is 5.56 Å². The molecule has 0 atom stereocenters. The Morgan fingerprint density at radius 2 is 1.86 bits per heavy atom. The third kappa shape index (κ3) is 4.75. The normalized spacial score (nSPS) is 10.8. The highest BCUT2D eigenvalue weighted by atomic mass is 32.2. The van der Waals surface area contributed by atoms with Crippen LogP contribution in [0.2, 0.25) is 0 Å². The molecular weight excluding hydrogens is 384 g/mol. The quantitative estimate of drug-likeness (QED) is 0.466. The minimum Gasteiger partial charge on any atom is -0.489 e. The lowest BCUT2D eigenvalue weighted by Gasteiger charge is -2.08. The highest BCUT2D eigenvalue weighted by Crippen LogP contribution is 2.22. The second kappa shape index (κ2) is 8.79. The van der Waals surface area contributed by atoms with E-state index in [1.807, 2.05) is 78.3 Å². The van der Waals surface area contributed by atoms with E-state index in [1.165, 1.54) is 11.8 Å². The summed E-state index contributed by atoms with van der Waals surface area (Å²) < 4.78 is 7.66. The van der Waals surface area contributed by atoms with E-state index in [9.17, 15) is 4.79 Å². The van der Waals surface area contributed by atoms with Crippen LogP contribution in [0.4, 0.5) is 5.69 Å². The van der Waals surface area contributed by atoms with Crippen LogP contribution >= 0.6 is 11.8 Å². The summed E-state index contributed by atoms with van der Waals surface area (Å²) in [5.74, 6) is 0.935.